The number of nitrogens with two attached hydrogens (primary N) is 1. The number of rotatable bonds is 6. The van der Waals surface area contributed by atoms with Crippen molar-refractivity contribution in [2.24, 2.45) is 5.73 Å². The zero-order valence-electron chi connectivity index (χ0n) is 9.53. The van der Waals surface area contributed by atoms with E-state index in [2.05, 4.69) is 5.32 Å². The summed E-state index contributed by atoms with van der Waals surface area (Å²) in [6.45, 7) is 0.658. The maximum absolute atomic E-state index is 13.5. The van der Waals surface area contributed by atoms with Crippen LogP contribution in [0.3, 0.4) is 0 Å². The molecule has 3 N–H and O–H groups in total. The van der Waals surface area contributed by atoms with E-state index in [1.165, 1.54) is 6.07 Å². The molecule has 1 aromatic carbocycles. The van der Waals surface area contributed by atoms with E-state index in [4.69, 9.17) is 18.0 Å². The second-order valence-electron chi connectivity index (χ2n) is 3.62. The minimum atomic E-state index is -0.785. The average Bonchev–Trinajstić information content (AvgIpc) is 2.23. The fraction of sp³-hybridized carbons (Fsp3) is 0.364. The van der Waals surface area contributed by atoms with Gasteiger partial charge in [0.05, 0.1) is 0 Å². The Morgan fingerprint density at radius 1 is 1.59 bits per heavy atom. The summed E-state index contributed by atoms with van der Waals surface area (Å²) in [7, 11) is -0.785. The van der Waals surface area contributed by atoms with Crippen LogP contribution in [-0.4, -0.2) is 27.8 Å². The van der Waals surface area contributed by atoms with E-state index in [-0.39, 0.29) is 10.6 Å². The normalized spacial score (nSPS) is 12.1. The van der Waals surface area contributed by atoms with E-state index < -0.39 is 16.6 Å². The molecule has 3 nitrogen and oxygen atoms in total. The molecule has 94 valence electrons. The lowest BCUT2D eigenvalue weighted by molar-refractivity contribution is 0.626. The minimum absolute atomic E-state index is 0.0513. The van der Waals surface area contributed by atoms with Crippen molar-refractivity contribution >= 4 is 33.7 Å². The third-order valence-electron chi connectivity index (χ3n) is 2.17. The number of hydrogen-bond acceptors (Lipinski definition) is 3. The molecule has 0 radical (unpaired) electrons. The Morgan fingerprint density at radius 2 is 2.29 bits per heavy atom. The molecule has 0 aliphatic carbocycles. The molecule has 0 bridgehead atoms. The Morgan fingerprint density at radius 3 is 2.82 bits per heavy atom. The van der Waals surface area contributed by atoms with Gasteiger partial charge in [-0.1, -0.05) is 12.2 Å². The molecule has 6 heteroatoms. The summed E-state index contributed by atoms with van der Waals surface area (Å²) >= 11 is 4.71. The van der Waals surface area contributed by atoms with Gasteiger partial charge in [-0.15, -0.1) is 0 Å². The van der Waals surface area contributed by atoms with Gasteiger partial charge in [0, 0.05) is 40.6 Å². The third-order valence-corrected chi connectivity index (χ3v) is 3.26. The Hall–Kier alpha value is -1.01. The first-order valence-corrected chi connectivity index (χ1v) is 7.27. The first-order valence-electron chi connectivity index (χ1n) is 5.14. The molecule has 0 fully saturated rings. The van der Waals surface area contributed by atoms with E-state index >= 15 is 0 Å². The summed E-state index contributed by atoms with van der Waals surface area (Å²) in [5, 5.41) is 3.05. The SMILES string of the molecule is CS(=O)CCCNc1ccc(C(N)=S)c(F)c1. The zero-order valence-corrected chi connectivity index (χ0v) is 11.2. The molecule has 0 aliphatic heterocycles. The fourth-order valence-corrected chi connectivity index (χ4v) is 2.05. The van der Waals surface area contributed by atoms with Gasteiger partial charge in [-0.05, 0) is 24.6 Å². The number of thiocarbonyl (C=S) groups is 1. The number of halogens is 1. The van der Waals surface area contributed by atoms with Crippen LogP contribution >= 0.6 is 12.2 Å². The molecule has 17 heavy (non-hydrogen) atoms. The minimum Gasteiger partial charge on any atom is -0.389 e. The smallest absolute Gasteiger partial charge is 0.135 e. The van der Waals surface area contributed by atoms with Crippen LogP contribution < -0.4 is 11.1 Å². The van der Waals surface area contributed by atoms with Crippen LogP contribution in [0.4, 0.5) is 10.1 Å². The van der Waals surface area contributed by atoms with Crippen LogP contribution in [0.2, 0.25) is 0 Å². The summed E-state index contributed by atoms with van der Waals surface area (Å²) in [6.07, 6.45) is 2.44. The highest BCUT2D eigenvalue weighted by Crippen LogP contribution is 2.14. The lowest BCUT2D eigenvalue weighted by Gasteiger charge is -2.07. The summed E-state index contributed by atoms with van der Waals surface area (Å²) in [4.78, 5) is 0.0513. The topological polar surface area (TPSA) is 55.1 Å². The lowest BCUT2D eigenvalue weighted by atomic mass is 10.2. The van der Waals surface area contributed by atoms with Crippen molar-refractivity contribution in [3.05, 3.63) is 29.6 Å². The fourth-order valence-electron chi connectivity index (χ4n) is 1.33. The van der Waals surface area contributed by atoms with Crippen molar-refractivity contribution in [1.82, 2.24) is 0 Å². The third kappa shape index (κ3) is 4.79. The molecule has 0 aromatic heterocycles. The quantitative estimate of drug-likeness (QED) is 0.611. The highest BCUT2D eigenvalue weighted by molar-refractivity contribution is 7.84. The van der Waals surface area contributed by atoms with Crippen molar-refractivity contribution in [3.8, 4) is 0 Å². The number of benzene rings is 1. The number of nitrogens with one attached hydrogen (secondary N) is 1. The Balaban J connectivity index is 2.53. The predicted octanol–water partition coefficient (Wildman–Crippen LogP) is 1.64. The second-order valence-corrected chi connectivity index (χ2v) is 5.61. The number of hydrogen-bond donors (Lipinski definition) is 2. The van der Waals surface area contributed by atoms with Gasteiger partial charge in [0.25, 0.3) is 0 Å². The van der Waals surface area contributed by atoms with Gasteiger partial charge in [-0.2, -0.15) is 0 Å². The molecular formula is C11H15FN2OS2. The molecule has 0 aliphatic rings. The lowest BCUT2D eigenvalue weighted by Crippen LogP contribution is -2.12. The molecule has 0 heterocycles. The highest BCUT2D eigenvalue weighted by Gasteiger charge is 2.05. The Bertz CT molecular complexity index is 437. The van der Waals surface area contributed by atoms with Gasteiger partial charge in [0.1, 0.15) is 10.8 Å². The van der Waals surface area contributed by atoms with Crippen LogP contribution in [0, 0.1) is 5.82 Å². The van der Waals surface area contributed by atoms with Crippen LogP contribution in [-0.2, 0) is 10.8 Å². The van der Waals surface area contributed by atoms with E-state index in [1.807, 2.05) is 0 Å². The Kier molecular flexibility index (Phi) is 5.50. The molecular weight excluding hydrogens is 259 g/mol. The first kappa shape index (κ1) is 14.1. The van der Waals surface area contributed by atoms with Gasteiger partial charge in [-0.3, -0.25) is 4.21 Å². The molecule has 1 rings (SSSR count). The van der Waals surface area contributed by atoms with Gasteiger partial charge < -0.3 is 11.1 Å². The molecule has 1 atom stereocenters. The number of anilines is 1. The van der Waals surface area contributed by atoms with Crippen LogP contribution in [0.15, 0.2) is 18.2 Å². The van der Waals surface area contributed by atoms with Crippen molar-refractivity contribution in [1.29, 1.82) is 0 Å². The van der Waals surface area contributed by atoms with Crippen LogP contribution in [0.25, 0.3) is 0 Å². The zero-order chi connectivity index (χ0) is 12.8. The monoisotopic (exact) mass is 274 g/mol. The summed E-state index contributed by atoms with van der Waals surface area (Å²) in [5.41, 5.74) is 6.28. The van der Waals surface area contributed by atoms with Crippen molar-refractivity contribution in [3.63, 3.8) is 0 Å². The maximum Gasteiger partial charge on any atom is 0.135 e. The van der Waals surface area contributed by atoms with Crippen LogP contribution in [0.1, 0.15) is 12.0 Å². The van der Waals surface area contributed by atoms with Crippen molar-refractivity contribution in [2.75, 3.05) is 23.9 Å². The van der Waals surface area contributed by atoms with Crippen LogP contribution in [0.5, 0.6) is 0 Å². The predicted molar refractivity (Wildman–Crippen MR) is 74.3 cm³/mol. The molecule has 0 spiro atoms. The molecule has 1 unspecified atom stereocenters. The first-order chi connectivity index (χ1) is 8.00. The van der Waals surface area contributed by atoms with E-state index in [0.717, 1.165) is 6.42 Å². The summed E-state index contributed by atoms with van der Waals surface area (Å²) in [6, 6.07) is 4.63. The van der Waals surface area contributed by atoms with Gasteiger partial charge >= 0.3 is 0 Å². The maximum atomic E-state index is 13.5. The van der Waals surface area contributed by atoms with E-state index in [1.54, 1.807) is 18.4 Å². The Labute approximate surface area is 108 Å². The molecule has 0 saturated carbocycles. The average molecular weight is 274 g/mol. The molecule has 1 aromatic rings. The van der Waals surface area contributed by atoms with E-state index in [9.17, 15) is 8.60 Å². The second kappa shape index (κ2) is 6.66. The van der Waals surface area contributed by atoms with Gasteiger partial charge in [-0.25, -0.2) is 4.39 Å². The standard InChI is InChI=1S/C11H15FN2OS2/c1-17(15)6-2-5-14-8-3-4-9(11(13)16)10(12)7-8/h3-4,7,14H,2,5-6H2,1H3,(H2,13,16). The van der Waals surface area contributed by atoms with Crippen molar-refractivity contribution in [2.45, 2.75) is 6.42 Å². The molecule has 0 amide bonds. The van der Waals surface area contributed by atoms with E-state index in [0.29, 0.717) is 18.0 Å². The molecule has 0 saturated heterocycles. The largest absolute Gasteiger partial charge is 0.389 e. The summed E-state index contributed by atoms with van der Waals surface area (Å²) in [5.74, 6) is 0.210. The van der Waals surface area contributed by atoms with Gasteiger partial charge in [0.15, 0.2) is 0 Å². The van der Waals surface area contributed by atoms with Gasteiger partial charge in [0.2, 0.25) is 0 Å². The van der Waals surface area contributed by atoms with Crippen molar-refractivity contribution < 1.29 is 8.60 Å². The highest BCUT2D eigenvalue weighted by atomic mass is 32.2. The summed E-state index contributed by atoms with van der Waals surface area (Å²) < 4.78 is 24.3.